The number of rotatable bonds is 1. The van der Waals surface area contributed by atoms with Gasteiger partial charge in [0.05, 0.1) is 0 Å². The van der Waals surface area contributed by atoms with Gasteiger partial charge in [-0.2, -0.15) is 0 Å². The fourth-order valence-corrected chi connectivity index (χ4v) is 2.10. The van der Waals surface area contributed by atoms with Crippen molar-refractivity contribution in [1.82, 2.24) is 5.32 Å². The van der Waals surface area contributed by atoms with E-state index in [-0.39, 0.29) is 11.4 Å². The lowest BCUT2D eigenvalue weighted by Gasteiger charge is -2.07. The minimum Gasteiger partial charge on any atom is -0.350 e. The van der Waals surface area contributed by atoms with E-state index < -0.39 is 0 Å². The van der Waals surface area contributed by atoms with Gasteiger partial charge in [0.1, 0.15) is 0 Å². The van der Waals surface area contributed by atoms with E-state index in [0.717, 1.165) is 12.8 Å². The first kappa shape index (κ1) is 6.89. The van der Waals surface area contributed by atoms with Crippen molar-refractivity contribution >= 4 is 5.91 Å². The molecule has 1 amide bonds. The highest BCUT2D eigenvalue weighted by atomic mass is 16.2. The molecule has 0 radical (unpaired) electrons. The van der Waals surface area contributed by atoms with E-state index in [9.17, 15) is 4.79 Å². The fourth-order valence-electron chi connectivity index (χ4n) is 2.10. The SMILES string of the molecule is C=C(C)C1CC12CCC(=O)N2. The monoisotopic (exact) mass is 151 g/mol. The molecule has 60 valence electrons. The molecule has 0 aromatic heterocycles. The average molecular weight is 151 g/mol. The van der Waals surface area contributed by atoms with Crippen LogP contribution in [0.25, 0.3) is 0 Å². The summed E-state index contributed by atoms with van der Waals surface area (Å²) in [4.78, 5) is 10.9. The van der Waals surface area contributed by atoms with Gasteiger partial charge in [-0.3, -0.25) is 4.79 Å². The van der Waals surface area contributed by atoms with E-state index in [1.54, 1.807) is 0 Å². The van der Waals surface area contributed by atoms with E-state index in [1.807, 2.05) is 6.92 Å². The number of carbonyl (C=O) groups excluding carboxylic acids is 1. The maximum atomic E-state index is 10.9. The highest BCUT2D eigenvalue weighted by Gasteiger charge is 2.57. The zero-order valence-corrected chi connectivity index (χ0v) is 6.81. The van der Waals surface area contributed by atoms with Crippen LogP contribution < -0.4 is 5.32 Å². The summed E-state index contributed by atoms with van der Waals surface area (Å²) in [6.45, 7) is 5.96. The molecule has 0 aromatic rings. The van der Waals surface area contributed by atoms with Crippen molar-refractivity contribution in [2.45, 2.75) is 31.7 Å². The second-order valence-electron chi connectivity index (χ2n) is 3.81. The molecule has 1 heterocycles. The Balaban J connectivity index is 2.08. The molecule has 2 heteroatoms. The summed E-state index contributed by atoms with van der Waals surface area (Å²) in [5, 5.41) is 3.04. The molecule has 2 fully saturated rings. The van der Waals surface area contributed by atoms with Crippen LogP contribution >= 0.6 is 0 Å². The number of hydrogen-bond acceptors (Lipinski definition) is 1. The average Bonchev–Trinajstić information content (AvgIpc) is 2.48. The zero-order valence-electron chi connectivity index (χ0n) is 6.81. The van der Waals surface area contributed by atoms with Gasteiger partial charge in [-0.25, -0.2) is 0 Å². The van der Waals surface area contributed by atoms with E-state index in [1.165, 1.54) is 5.57 Å². The van der Waals surface area contributed by atoms with Crippen molar-refractivity contribution in [3.05, 3.63) is 12.2 Å². The molecule has 1 spiro atoms. The van der Waals surface area contributed by atoms with Crippen LogP contribution in [0.1, 0.15) is 26.2 Å². The van der Waals surface area contributed by atoms with Crippen LogP contribution in [-0.4, -0.2) is 11.4 Å². The Kier molecular flexibility index (Phi) is 1.17. The Morgan fingerprint density at radius 1 is 1.82 bits per heavy atom. The summed E-state index contributed by atoms with van der Waals surface area (Å²) in [5.74, 6) is 0.780. The lowest BCUT2D eigenvalue weighted by atomic mass is 10.1. The molecule has 2 aliphatic rings. The Morgan fingerprint density at radius 2 is 2.55 bits per heavy atom. The van der Waals surface area contributed by atoms with Gasteiger partial charge in [-0.1, -0.05) is 12.2 Å². The molecule has 1 N–H and O–H groups in total. The van der Waals surface area contributed by atoms with E-state index in [4.69, 9.17) is 0 Å². The Morgan fingerprint density at radius 3 is 2.91 bits per heavy atom. The van der Waals surface area contributed by atoms with Crippen LogP contribution in [0, 0.1) is 5.92 Å². The summed E-state index contributed by atoms with van der Waals surface area (Å²) in [5.41, 5.74) is 1.37. The molecule has 1 saturated heterocycles. The van der Waals surface area contributed by atoms with Gasteiger partial charge in [0.25, 0.3) is 0 Å². The summed E-state index contributed by atoms with van der Waals surface area (Å²) >= 11 is 0. The Bertz CT molecular complexity index is 234. The lowest BCUT2D eigenvalue weighted by molar-refractivity contribution is -0.119. The van der Waals surface area contributed by atoms with Crippen molar-refractivity contribution in [2.24, 2.45) is 5.92 Å². The molecular formula is C9H13NO. The van der Waals surface area contributed by atoms with Crippen molar-refractivity contribution in [3.63, 3.8) is 0 Å². The number of nitrogens with one attached hydrogen (secondary N) is 1. The largest absolute Gasteiger partial charge is 0.350 e. The third-order valence-corrected chi connectivity index (χ3v) is 2.86. The van der Waals surface area contributed by atoms with Gasteiger partial charge in [-0.05, 0) is 19.8 Å². The molecule has 1 aliphatic heterocycles. The van der Waals surface area contributed by atoms with Crippen molar-refractivity contribution in [3.8, 4) is 0 Å². The Labute approximate surface area is 66.7 Å². The Hall–Kier alpha value is -0.790. The zero-order chi connectivity index (χ0) is 8.06. The second-order valence-corrected chi connectivity index (χ2v) is 3.81. The van der Waals surface area contributed by atoms with Crippen molar-refractivity contribution < 1.29 is 4.79 Å². The van der Waals surface area contributed by atoms with E-state index >= 15 is 0 Å². The van der Waals surface area contributed by atoms with Crippen molar-refractivity contribution in [2.75, 3.05) is 0 Å². The topological polar surface area (TPSA) is 29.1 Å². The third kappa shape index (κ3) is 0.889. The van der Waals surface area contributed by atoms with Gasteiger partial charge in [0, 0.05) is 17.9 Å². The van der Waals surface area contributed by atoms with Crippen LogP contribution in [0.3, 0.4) is 0 Å². The number of hydrogen-bond donors (Lipinski definition) is 1. The molecule has 2 nitrogen and oxygen atoms in total. The van der Waals surface area contributed by atoms with Gasteiger partial charge in [0.15, 0.2) is 0 Å². The van der Waals surface area contributed by atoms with Crippen LogP contribution in [0.4, 0.5) is 0 Å². The summed E-state index contributed by atoms with van der Waals surface area (Å²) in [6.07, 6.45) is 2.85. The molecule has 1 saturated carbocycles. The molecule has 2 unspecified atom stereocenters. The van der Waals surface area contributed by atoms with E-state index in [2.05, 4.69) is 11.9 Å². The number of amides is 1. The normalized spacial score (nSPS) is 40.8. The highest BCUT2D eigenvalue weighted by molar-refractivity contribution is 5.80. The quantitative estimate of drug-likeness (QED) is 0.561. The maximum Gasteiger partial charge on any atom is 0.220 e. The first-order valence-corrected chi connectivity index (χ1v) is 4.10. The van der Waals surface area contributed by atoms with Gasteiger partial charge >= 0.3 is 0 Å². The predicted octanol–water partition coefficient (Wildman–Crippen LogP) is 1.23. The van der Waals surface area contributed by atoms with Gasteiger partial charge in [0.2, 0.25) is 5.91 Å². The molecule has 2 rings (SSSR count). The lowest BCUT2D eigenvalue weighted by Crippen LogP contribution is -2.29. The fraction of sp³-hybridized carbons (Fsp3) is 0.667. The standard InChI is InChI=1S/C9H13NO/c1-6(2)7-5-9(7)4-3-8(11)10-9/h7H,1,3-5H2,2H3,(H,10,11). The first-order chi connectivity index (χ1) is 5.14. The van der Waals surface area contributed by atoms with Crippen molar-refractivity contribution in [1.29, 1.82) is 0 Å². The van der Waals surface area contributed by atoms with E-state index in [0.29, 0.717) is 12.3 Å². The minimum absolute atomic E-state index is 0.156. The highest BCUT2D eigenvalue weighted by Crippen LogP contribution is 2.52. The number of carbonyl (C=O) groups is 1. The summed E-state index contributed by atoms with van der Waals surface area (Å²) < 4.78 is 0. The van der Waals surface area contributed by atoms with Crippen LogP contribution in [0.15, 0.2) is 12.2 Å². The van der Waals surface area contributed by atoms with Crippen LogP contribution in [0.2, 0.25) is 0 Å². The smallest absolute Gasteiger partial charge is 0.220 e. The predicted molar refractivity (Wildman–Crippen MR) is 43.0 cm³/mol. The summed E-state index contributed by atoms with van der Waals surface area (Å²) in [7, 11) is 0. The molecule has 2 atom stereocenters. The molecule has 1 aliphatic carbocycles. The molecular weight excluding hydrogens is 138 g/mol. The summed E-state index contributed by atoms with van der Waals surface area (Å²) in [6, 6.07) is 0. The van der Waals surface area contributed by atoms with Crippen LogP contribution in [-0.2, 0) is 4.79 Å². The minimum atomic E-state index is 0.156. The molecule has 0 aromatic carbocycles. The maximum absolute atomic E-state index is 10.9. The molecule has 0 bridgehead atoms. The third-order valence-electron chi connectivity index (χ3n) is 2.86. The van der Waals surface area contributed by atoms with Crippen LogP contribution in [0.5, 0.6) is 0 Å². The second kappa shape index (κ2) is 1.87. The van der Waals surface area contributed by atoms with Gasteiger partial charge in [-0.15, -0.1) is 0 Å². The van der Waals surface area contributed by atoms with Gasteiger partial charge < -0.3 is 5.32 Å². The first-order valence-electron chi connectivity index (χ1n) is 4.10. The molecule has 11 heavy (non-hydrogen) atoms.